The van der Waals surface area contributed by atoms with Crippen LogP contribution in [0, 0.1) is 0 Å². The summed E-state index contributed by atoms with van der Waals surface area (Å²) < 4.78 is 6.65. The number of hydrogen-bond acceptors (Lipinski definition) is 1. The highest BCUT2D eigenvalue weighted by Gasteiger charge is 2.45. The van der Waals surface area contributed by atoms with Gasteiger partial charge in [-0.15, -0.1) is 0 Å². The predicted molar refractivity (Wildman–Crippen MR) is 130 cm³/mol. The smallest absolute Gasteiger partial charge is 0.119 e. The summed E-state index contributed by atoms with van der Waals surface area (Å²) >= 11 is 3.79. The van der Waals surface area contributed by atoms with Crippen LogP contribution in [0.2, 0.25) is 0 Å². The Labute approximate surface area is 198 Å². The van der Waals surface area contributed by atoms with Crippen LogP contribution in [0.5, 0.6) is 5.75 Å². The van der Waals surface area contributed by atoms with Crippen LogP contribution in [0.1, 0.15) is 5.56 Å². The van der Waals surface area contributed by atoms with Gasteiger partial charge < -0.3 is 21.7 Å². The van der Waals surface area contributed by atoms with Crippen LogP contribution < -0.4 is 37.6 Å². The second-order valence-electron chi connectivity index (χ2n) is 6.93. The van der Waals surface area contributed by atoms with Gasteiger partial charge in [0.25, 0.3) is 0 Å². The van der Waals surface area contributed by atoms with E-state index < -0.39 is 7.26 Å². The monoisotopic (exact) mass is 540 g/mol. The van der Waals surface area contributed by atoms with E-state index >= 15 is 0 Å². The topological polar surface area (TPSA) is 9.23 Å². The maximum absolute atomic E-state index is 5.53. The normalized spacial score (nSPS) is 10.9. The Bertz CT molecular complexity index is 973. The van der Waals surface area contributed by atoms with Gasteiger partial charge in [0.2, 0.25) is 0 Å². The minimum absolute atomic E-state index is 0. The van der Waals surface area contributed by atoms with Crippen molar-refractivity contribution in [1.29, 1.82) is 0 Å². The fourth-order valence-corrected chi connectivity index (χ4v) is 8.68. The molecule has 4 heteroatoms. The van der Waals surface area contributed by atoms with Crippen molar-refractivity contribution in [2.75, 3.05) is 7.11 Å². The maximum atomic E-state index is 5.53. The summed E-state index contributed by atoms with van der Waals surface area (Å²) in [4.78, 5) is 0. The lowest BCUT2D eigenvalue weighted by Crippen LogP contribution is -3.00. The molecule has 0 bridgehead atoms. The van der Waals surface area contributed by atoms with Crippen LogP contribution in [-0.4, -0.2) is 7.11 Å². The average molecular weight is 542 g/mol. The summed E-state index contributed by atoms with van der Waals surface area (Å²) in [6.07, 6.45) is 0.919. The molecule has 0 aliphatic rings. The maximum Gasteiger partial charge on any atom is 0.119 e. The van der Waals surface area contributed by atoms with Gasteiger partial charge in [-0.3, -0.25) is 0 Å². The van der Waals surface area contributed by atoms with E-state index in [0.29, 0.717) is 0 Å². The highest BCUT2D eigenvalue weighted by atomic mass is 79.9. The molecule has 4 aromatic rings. The molecule has 0 spiro atoms. The molecule has 30 heavy (non-hydrogen) atoms. The third kappa shape index (κ3) is 4.54. The summed E-state index contributed by atoms with van der Waals surface area (Å²) in [5.74, 6) is 0.885. The van der Waals surface area contributed by atoms with Gasteiger partial charge in [0.15, 0.2) is 0 Å². The zero-order valence-corrected chi connectivity index (χ0v) is 20.8. The Balaban J connectivity index is 0.00000256. The van der Waals surface area contributed by atoms with Gasteiger partial charge in [0.1, 0.15) is 28.9 Å². The molecule has 0 amide bonds. The van der Waals surface area contributed by atoms with Crippen molar-refractivity contribution in [1.82, 2.24) is 0 Å². The lowest BCUT2D eigenvalue weighted by atomic mass is 10.2. The Kier molecular flexibility index (Phi) is 7.88. The number of ether oxygens (including phenoxy) is 1. The molecule has 0 aromatic heterocycles. The predicted octanol–water partition coefficient (Wildman–Crippen LogP) is 2.96. The molecule has 4 rings (SSSR count). The molecule has 0 radical (unpaired) electrons. The molecule has 0 atom stereocenters. The van der Waals surface area contributed by atoms with Crippen LogP contribution in [0.4, 0.5) is 0 Å². The Hall–Kier alpha value is -1.93. The Morgan fingerprint density at radius 3 is 1.50 bits per heavy atom. The van der Waals surface area contributed by atoms with Crippen LogP contribution in [0.15, 0.2) is 114 Å². The van der Waals surface area contributed by atoms with E-state index in [-0.39, 0.29) is 17.0 Å². The van der Waals surface area contributed by atoms with Crippen LogP contribution in [0.25, 0.3) is 0 Å². The fraction of sp³-hybridized carbons (Fsp3) is 0.0769. The third-order valence-corrected chi connectivity index (χ3v) is 10.4. The summed E-state index contributed by atoms with van der Waals surface area (Å²) in [6, 6.07) is 39.1. The van der Waals surface area contributed by atoms with Crippen molar-refractivity contribution in [3.63, 3.8) is 0 Å². The molecule has 0 N–H and O–H groups in total. The number of rotatable bonds is 6. The van der Waals surface area contributed by atoms with E-state index in [2.05, 4.69) is 119 Å². The zero-order chi connectivity index (χ0) is 20.1. The minimum atomic E-state index is -1.92. The fourth-order valence-electron chi connectivity index (χ4n) is 3.82. The van der Waals surface area contributed by atoms with Crippen LogP contribution in [0.3, 0.4) is 0 Å². The SMILES string of the molecule is COc1ccc(Br)c(C[P+](c2ccccc2)(c2ccccc2)c2ccccc2)c1.[Br-]. The van der Waals surface area contributed by atoms with Gasteiger partial charge in [-0.1, -0.05) is 70.5 Å². The first-order chi connectivity index (χ1) is 14.2. The third-order valence-electron chi connectivity index (χ3n) is 5.25. The first-order valence-electron chi connectivity index (χ1n) is 9.61. The molecule has 0 unspecified atom stereocenters. The largest absolute Gasteiger partial charge is 1.00 e. The zero-order valence-electron chi connectivity index (χ0n) is 16.7. The van der Waals surface area contributed by atoms with Gasteiger partial charge in [0.05, 0.1) is 13.3 Å². The van der Waals surface area contributed by atoms with E-state index in [1.807, 2.05) is 6.07 Å². The van der Waals surface area contributed by atoms with Crippen LogP contribution in [-0.2, 0) is 6.16 Å². The second kappa shape index (κ2) is 10.4. The lowest BCUT2D eigenvalue weighted by Gasteiger charge is -2.28. The summed E-state index contributed by atoms with van der Waals surface area (Å²) in [7, 11) is -0.195. The minimum Gasteiger partial charge on any atom is -1.00 e. The molecular formula is C26H23Br2OP. The molecule has 1 nitrogen and oxygen atoms in total. The lowest BCUT2D eigenvalue weighted by molar-refractivity contribution is -0.00000587. The van der Waals surface area contributed by atoms with E-state index in [4.69, 9.17) is 4.74 Å². The number of methoxy groups -OCH3 is 1. The van der Waals surface area contributed by atoms with Crippen molar-refractivity contribution in [3.8, 4) is 5.75 Å². The van der Waals surface area contributed by atoms with Crippen molar-refractivity contribution >= 4 is 39.1 Å². The van der Waals surface area contributed by atoms with Crippen molar-refractivity contribution in [2.24, 2.45) is 0 Å². The second-order valence-corrected chi connectivity index (χ2v) is 11.3. The first-order valence-corrected chi connectivity index (χ1v) is 12.4. The van der Waals surface area contributed by atoms with Gasteiger partial charge in [-0.25, -0.2) is 0 Å². The molecule has 0 aliphatic heterocycles. The molecule has 0 fully saturated rings. The molecule has 152 valence electrons. The Morgan fingerprint density at radius 1 is 0.667 bits per heavy atom. The van der Waals surface area contributed by atoms with Gasteiger partial charge >= 0.3 is 0 Å². The van der Waals surface area contributed by atoms with Crippen molar-refractivity contribution in [2.45, 2.75) is 6.16 Å². The van der Waals surface area contributed by atoms with Gasteiger partial charge in [0, 0.05) is 10.0 Å². The molecular weight excluding hydrogens is 519 g/mol. The quantitative estimate of drug-likeness (QED) is 0.341. The van der Waals surface area contributed by atoms with E-state index in [0.717, 1.165) is 16.4 Å². The molecule has 0 heterocycles. The van der Waals surface area contributed by atoms with Gasteiger partial charge in [-0.2, -0.15) is 0 Å². The number of benzene rings is 4. The van der Waals surface area contributed by atoms with Gasteiger partial charge in [-0.05, 0) is 54.6 Å². The average Bonchev–Trinajstić information content (AvgIpc) is 2.80. The summed E-state index contributed by atoms with van der Waals surface area (Å²) in [5.41, 5.74) is 1.26. The molecule has 0 aliphatic carbocycles. The number of hydrogen-bond donors (Lipinski definition) is 0. The number of halogens is 2. The standard InChI is InChI=1S/C26H23BrOP.BrH/c1-28-22-17-18-26(27)21(19-22)20-29(23-11-5-2-6-12-23,24-13-7-3-8-14-24)25-15-9-4-10-16-25;/h2-19H,20H2,1H3;1H/q+1;/p-1. The van der Waals surface area contributed by atoms with Crippen molar-refractivity contribution < 1.29 is 21.7 Å². The summed E-state index contributed by atoms with van der Waals surface area (Å²) in [5, 5.41) is 4.14. The van der Waals surface area contributed by atoms with E-state index in [1.165, 1.54) is 21.5 Å². The van der Waals surface area contributed by atoms with E-state index in [1.54, 1.807) is 7.11 Å². The highest BCUT2D eigenvalue weighted by molar-refractivity contribution is 9.10. The first kappa shape index (κ1) is 22.7. The summed E-state index contributed by atoms with van der Waals surface area (Å²) in [6.45, 7) is 0. The molecule has 4 aromatic carbocycles. The van der Waals surface area contributed by atoms with Crippen molar-refractivity contribution in [3.05, 3.63) is 119 Å². The highest BCUT2D eigenvalue weighted by Crippen LogP contribution is 2.58. The van der Waals surface area contributed by atoms with Crippen LogP contribution >= 0.6 is 23.2 Å². The van der Waals surface area contributed by atoms with E-state index in [9.17, 15) is 0 Å². The molecule has 0 saturated heterocycles. The molecule has 0 saturated carbocycles. The Morgan fingerprint density at radius 2 is 1.10 bits per heavy atom.